The van der Waals surface area contributed by atoms with Gasteiger partial charge in [-0.2, -0.15) is 8.78 Å². The third-order valence-corrected chi connectivity index (χ3v) is 5.02. The number of carbonyl (C=O) groups excluding carboxylic acids is 1. The van der Waals surface area contributed by atoms with Gasteiger partial charge in [-0.3, -0.25) is 4.79 Å². The van der Waals surface area contributed by atoms with Crippen LogP contribution in [-0.4, -0.2) is 33.0 Å². The molecule has 0 atom stereocenters. The van der Waals surface area contributed by atoms with E-state index in [1.54, 1.807) is 12.1 Å². The highest BCUT2D eigenvalue weighted by atomic mass is 32.2. The highest BCUT2D eigenvalue weighted by Gasteiger charge is 2.16. The van der Waals surface area contributed by atoms with E-state index in [4.69, 9.17) is 0 Å². The molecule has 152 valence electrons. The molecule has 9 heteroatoms. The van der Waals surface area contributed by atoms with Crippen LogP contribution in [0.25, 0.3) is 11.4 Å². The monoisotopic (exact) mass is 418 g/mol. The van der Waals surface area contributed by atoms with Gasteiger partial charge in [0.15, 0.2) is 11.0 Å². The summed E-state index contributed by atoms with van der Waals surface area (Å²) in [6, 6.07) is 14.0. The molecule has 1 amide bonds. The number of alkyl halides is 2. The smallest absolute Gasteiger partial charge is 0.387 e. The van der Waals surface area contributed by atoms with Gasteiger partial charge in [0.1, 0.15) is 5.75 Å². The number of hydrogen-bond acceptors (Lipinski definition) is 5. The summed E-state index contributed by atoms with van der Waals surface area (Å²) in [7, 11) is 0. The Morgan fingerprint density at radius 1 is 1.17 bits per heavy atom. The summed E-state index contributed by atoms with van der Waals surface area (Å²) in [6.07, 6.45) is 0. The SMILES string of the molecule is CCn1c(SCC(=O)Nc2ccccc2OC(F)F)nnc1-c1ccc(C)cc1. The standard InChI is InChI=1S/C20H20F2N4O2S/c1-3-26-18(14-10-8-13(2)9-11-14)24-25-20(26)29-12-17(27)23-15-6-4-5-7-16(15)28-19(21)22/h4-11,19H,3,12H2,1-2H3,(H,23,27). The Morgan fingerprint density at radius 3 is 2.59 bits per heavy atom. The lowest BCUT2D eigenvalue weighted by Crippen LogP contribution is -2.16. The van der Waals surface area contributed by atoms with Crippen molar-refractivity contribution in [2.75, 3.05) is 11.1 Å². The van der Waals surface area contributed by atoms with Crippen molar-refractivity contribution >= 4 is 23.4 Å². The molecule has 0 spiro atoms. The molecule has 0 saturated carbocycles. The molecule has 3 aromatic rings. The van der Waals surface area contributed by atoms with E-state index in [0.717, 1.165) is 17.0 Å². The van der Waals surface area contributed by atoms with E-state index in [-0.39, 0.29) is 23.1 Å². The number of para-hydroxylation sites is 2. The molecule has 0 aliphatic rings. The number of hydrogen-bond donors (Lipinski definition) is 1. The number of thioether (sulfide) groups is 1. The number of ether oxygens (including phenoxy) is 1. The Labute approximate surface area is 171 Å². The van der Waals surface area contributed by atoms with E-state index in [9.17, 15) is 13.6 Å². The van der Waals surface area contributed by atoms with Gasteiger partial charge in [0.05, 0.1) is 11.4 Å². The first-order valence-corrected chi connectivity index (χ1v) is 9.93. The first-order valence-electron chi connectivity index (χ1n) is 8.94. The van der Waals surface area contributed by atoms with Crippen molar-refractivity contribution in [3.05, 3.63) is 54.1 Å². The van der Waals surface area contributed by atoms with E-state index in [0.29, 0.717) is 11.7 Å². The predicted molar refractivity (Wildman–Crippen MR) is 108 cm³/mol. The number of halogens is 2. The number of anilines is 1. The molecular weight excluding hydrogens is 398 g/mol. The molecule has 3 rings (SSSR count). The normalized spacial score (nSPS) is 10.9. The minimum Gasteiger partial charge on any atom is -0.433 e. The lowest BCUT2D eigenvalue weighted by atomic mass is 10.1. The number of rotatable bonds is 8. The van der Waals surface area contributed by atoms with Gasteiger partial charge < -0.3 is 14.6 Å². The zero-order chi connectivity index (χ0) is 20.8. The quantitative estimate of drug-likeness (QED) is 0.541. The van der Waals surface area contributed by atoms with E-state index < -0.39 is 6.61 Å². The molecule has 1 aromatic heterocycles. The Morgan fingerprint density at radius 2 is 1.90 bits per heavy atom. The van der Waals surface area contributed by atoms with Crippen LogP contribution in [0.4, 0.5) is 14.5 Å². The second-order valence-corrected chi connectivity index (χ2v) is 7.07. The fraction of sp³-hybridized carbons (Fsp3) is 0.250. The van der Waals surface area contributed by atoms with Crippen LogP contribution < -0.4 is 10.1 Å². The topological polar surface area (TPSA) is 69.0 Å². The second-order valence-electron chi connectivity index (χ2n) is 6.13. The lowest BCUT2D eigenvalue weighted by Gasteiger charge is -2.11. The van der Waals surface area contributed by atoms with Gasteiger partial charge in [0.25, 0.3) is 0 Å². The van der Waals surface area contributed by atoms with Crippen LogP contribution in [0.2, 0.25) is 0 Å². The molecule has 6 nitrogen and oxygen atoms in total. The summed E-state index contributed by atoms with van der Waals surface area (Å²) < 4.78 is 31.3. The predicted octanol–water partition coefficient (Wildman–Crippen LogP) is 4.61. The van der Waals surface area contributed by atoms with Crippen molar-refractivity contribution in [3.8, 4) is 17.1 Å². The van der Waals surface area contributed by atoms with Crippen LogP contribution in [0.5, 0.6) is 5.75 Å². The summed E-state index contributed by atoms with van der Waals surface area (Å²) in [5.41, 5.74) is 2.29. The van der Waals surface area contributed by atoms with Crippen molar-refractivity contribution in [2.24, 2.45) is 0 Å². The molecule has 0 radical (unpaired) electrons. The maximum absolute atomic E-state index is 12.5. The Balaban J connectivity index is 1.67. The van der Waals surface area contributed by atoms with Gasteiger partial charge in [0.2, 0.25) is 5.91 Å². The second kappa shape index (κ2) is 9.51. The fourth-order valence-electron chi connectivity index (χ4n) is 2.68. The molecule has 2 aromatic carbocycles. The van der Waals surface area contributed by atoms with Gasteiger partial charge in [-0.1, -0.05) is 53.7 Å². The van der Waals surface area contributed by atoms with Crippen LogP contribution >= 0.6 is 11.8 Å². The summed E-state index contributed by atoms with van der Waals surface area (Å²) in [5.74, 6) is 0.336. The van der Waals surface area contributed by atoms with Crippen LogP contribution in [0, 0.1) is 6.92 Å². The number of aromatic nitrogens is 3. The lowest BCUT2D eigenvalue weighted by molar-refractivity contribution is -0.113. The van der Waals surface area contributed by atoms with Crippen molar-refractivity contribution in [2.45, 2.75) is 32.2 Å². The minimum absolute atomic E-state index is 0.0506. The minimum atomic E-state index is -2.97. The molecule has 0 aliphatic heterocycles. The fourth-order valence-corrected chi connectivity index (χ4v) is 3.48. The Hall–Kier alpha value is -2.94. The third kappa shape index (κ3) is 5.32. The third-order valence-electron chi connectivity index (χ3n) is 4.05. The summed E-state index contributed by atoms with van der Waals surface area (Å²) in [5, 5.41) is 11.6. The van der Waals surface area contributed by atoms with E-state index in [1.807, 2.05) is 42.7 Å². The van der Waals surface area contributed by atoms with Crippen molar-refractivity contribution in [1.29, 1.82) is 0 Å². The van der Waals surface area contributed by atoms with Crippen molar-refractivity contribution < 1.29 is 18.3 Å². The highest BCUT2D eigenvalue weighted by Crippen LogP contribution is 2.27. The molecular formula is C20H20F2N4O2S. The average molecular weight is 418 g/mol. The first-order chi connectivity index (χ1) is 14.0. The molecule has 1 N–H and O–H groups in total. The number of nitrogens with one attached hydrogen (secondary N) is 1. The number of nitrogens with zero attached hydrogens (tertiary/aromatic N) is 3. The van der Waals surface area contributed by atoms with Gasteiger partial charge in [-0.15, -0.1) is 10.2 Å². The Bertz CT molecular complexity index is 977. The summed E-state index contributed by atoms with van der Waals surface area (Å²) in [4.78, 5) is 12.3. The van der Waals surface area contributed by atoms with Crippen LogP contribution in [-0.2, 0) is 11.3 Å². The van der Waals surface area contributed by atoms with Gasteiger partial charge in [-0.25, -0.2) is 0 Å². The summed E-state index contributed by atoms with van der Waals surface area (Å²) >= 11 is 1.23. The van der Waals surface area contributed by atoms with Crippen LogP contribution in [0.3, 0.4) is 0 Å². The number of aryl methyl sites for hydroxylation is 1. The molecule has 0 aliphatic carbocycles. The first kappa shape index (κ1) is 20.8. The largest absolute Gasteiger partial charge is 0.433 e. The maximum Gasteiger partial charge on any atom is 0.387 e. The summed E-state index contributed by atoms with van der Waals surface area (Å²) in [6.45, 7) is 1.67. The number of carbonyl (C=O) groups is 1. The van der Waals surface area contributed by atoms with Gasteiger partial charge in [0, 0.05) is 12.1 Å². The van der Waals surface area contributed by atoms with Crippen LogP contribution in [0.1, 0.15) is 12.5 Å². The van der Waals surface area contributed by atoms with Crippen molar-refractivity contribution in [3.63, 3.8) is 0 Å². The Kier molecular flexibility index (Phi) is 6.82. The van der Waals surface area contributed by atoms with Gasteiger partial charge in [-0.05, 0) is 26.0 Å². The van der Waals surface area contributed by atoms with Crippen molar-refractivity contribution in [1.82, 2.24) is 14.8 Å². The number of benzene rings is 2. The highest BCUT2D eigenvalue weighted by molar-refractivity contribution is 7.99. The average Bonchev–Trinajstić information content (AvgIpc) is 3.11. The molecule has 0 saturated heterocycles. The molecule has 0 unspecified atom stereocenters. The maximum atomic E-state index is 12.5. The molecule has 29 heavy (non-hydrogen) atoms. The van der Waals surface area contributed by atoms with E-state index in [2.05, 4.69) is 20.3 Å². The van der Waals surface area contributed by atoms with Gasteiger partial charge >= 0.3 is 6.61 Å². The molecule has 0 bridgehead atoms. The zero-order valence-electron chi connectivity index (χ0n) is 15.9. The molecule has 1 heterocycles. The van der Waals surface area contributed by atoms with Crippen LogP contribution in [0.15, 0.2) is 53.7 Å². The molecule has 0 fully saturated rings. The number of amides is 1. The van der Waals surface area contributed by atoms with E-state index >= 15 is 0 Å². The van der Waals surface area contributed by atoms with E-state index in [1.165, 1.54) is 23.9 Å². The zero-order valence-corrected chi connectivity index (χ0v) is 16.7.